The SMILES string of the molecule is C=C(C)c1ccn(C2CCC(CCC)O2)c1C.C=CC.CC.CCC.CCC.CCC#Cc1cccc(C(N)=O)c1.CCCCc1ccc(F)cc1. The summed E-state index contributed by atoms with van der Waals surface area (Å²) in [4.78, 5) is 10.8. The van der Waals surface area contributed by atoms with Crippen molar-refractivity contribution in [3.05, 3.63) is 114 Å². The van der Waals surface area contributed by atoms with Gasteiger partial charge in [0.2, 0.25) is 5.91 Å². The molecule has 2 aromatic carbocycles. The molecule has 0 spiro atoms. The fourth-order valence-electron chi connectivity index (χ4n) is 4.69. The monoisotopic (exact) mass is 719 g/mol. The van der Waals surface area contributed by atoms with Crippen molar-refractivity contribution in [3.63, 3.8) is 0 Å². The van der Waals surface area contributed by atoms with Gasteiger partial charge < -0.3 is 15.0 Å². The molecule has 1 aliphatic heterocycles. The highest BCUT2D eigenvalue weighted by molar-refractivity contribution is 5.93. The van der Waals surface area contributed by atoms with Crippen LogP contribution < -0.4 is 5.73 Å². The van der Waals surface area contributed by atoms with Crippen molar-refractivity contribution in [1.82, 2.24) is 4.57 Å². The largest absolute Gasteiger partial charge is 0.366 e. The van der Waals surface area contributed by atoms with Crippen LogP contribution in [-0.2, 0) is 11.2 Å². The normalized spacial score (nSPS) is 13.2. The van der Waals surface area contributed by atoms with E-state index in [-0.39, 0.29) is 12.0 Å². The molecule has 0 saturated carbocycles. The Labute approximate surface area is 320 Å². The minimum Gasteiger partial charge on any atom is -0.366 e. The van der Waals surface area contributed by atoms with Gasteiger partial charge in [0.15, 0.2) is 0 Å². The number of aromatic nitrogens is 1. The van der Waals surface area contributed by atoms with E-state index >= 15 is 0 Å². The summed E-state index contributed by atoms with van der Waals surface area (Å²) in [6, 6.07) is 15.9. The first-order valence-corrected chi connectivity index (χ1v) is 19.6. The summed E-state index contributed by atoms with van der Waals surface area (Å²) < 4.78 is 20.8. The van der Waals surface area contributed by atoms with Crippen LogP contribution in [0.5, 0.6) is 0 Å². The maximum Gasteiger partial charge on any atom is 0.248 e. The molecule has 4 rings (SSSR count). The number of allylic oxidation sites excluding steroid dienone is 2. The Morgan fingerprint density at radius 1 is 0.981 bits per heavy atom. The molecule has 4 nitrogen and oxygen atoms in total. The van der Waals surface area contributed by atoms with Gasteiger partial charge in [0.25, 0.3) is 0 Å². The number of amides is 1. The highest BCUT2D eigenvalue weighted by Crippen LogP contribution is 2.33. The van der Waals surface area contributed by atoms with Crippen LogP contribution in [0.25, 0.3) is 5.57 Å². The zero-order valence-corrected chi connectivity index (χ0v) is 35.2. The molecule has 1 amide bonds. The highest BCUT2D eigenvalue weighted by atomic mass is 19.1. The Morgan fingerprint density at radius 3 is 2.02 bits per heavy atom. The molecule has 1 aromatic heterocycles. The Balaban J connectivity index is -0.000000617. The molecular formula is C47H75FN2O2. The fourth-order valence-corrected chi connectivity index (χ4v) is 4.69. The molecule has 292 valence electrons. The summed E-state index contributed by atoms with van der Waals surface area (Å²) in [5.74, 6) is 5.30. The van der Waals surface area contributed by atoms with Crippen LogP contribution in [-0.4, -0.2) is 16.6 Å². The average Bonchev–Trinajstić information content (AvgIpc) is 3.76. The summed E-state index contributed by atoms with van der Waals surface area (Å²) in [7, 11) is 0. The lowest BCUT2D eigenvalue weighted by Crippen LogP contribution is -2.11. The summed E-state index contributed by atoms with van der Waals surface area (Å²) in [5.41, 5.74) is 11.4. The van der Waals surface area contributed by atoms with Crippen LogP contribution in [0.4, 0.5) is 4.39 Å². The number of nitrogens with zero attached hydrogens (tertiary/aromatic N) is 1. The fraction of sp³-hybridized carbons (Fsp3) is 0.511. The number of aryl methyl sites for hydroxylation is 1. The van der Waals surface area contributed by atoms with E-state index in [0.717, 1.165) is 30.4 Å². The van der Waals surface area contributed by atoms with E-state index in [1.165, 1.54) is 73.9 Å². The summed E-state index contributed by atoms with van der Waals surface area (Å²) in [6.07, 6.45) is 16.1. The molecule has 2 heterocycles. The van der Waals surface area contributed by atoms with Gasteiger partial charge in [-0.3, -0.25) is 4.79 Å². The predicted octanol–water partition coefficient (Wildman–Crippen LogP) is 14.1. The molecule has 0 radical (unpaired) electrons. The number of primary amides is 1. The van der Waals surface area contributed by atoms with Crippen LogP contribution in [0.2, 0.25) is 0 Å². The third-order valence-corrected chi connectivity index (χ3v) is 6.93. The number of rotatable bonds is 8. The van der Waals surface area contributed by atoms with Gasteiger partial charge in [-0.1, -0.05) is 131 Å². The summed E-state index contributed by atoms with van der Waals surface area (Å²) in [5, 5.41) is 0. The molecule has 2 N–H and O–H groups in total. The molecule has 52 heavy (non-hydrogen) atoms. The first-order chi connectivity index (χ1) is 24.9. The number of carbonyl (C=O) groups excluding carboxylic acids is 1. The van der Waals surface area contributed by atoms with Crippen molar-refractivity contribution in [2.75, 3.05) is 0 Å². The minimum atomic E-state index is -0.417. The van der Waals surface area contributed by atoms with Gasteiger partial charge in [-0.25, -0.2) is 4.39 Å². The van der Waals surface area contributed by atoms with E-state index < -0.39 is 5.91 Å². The lowest BCUT2D eigenvalue weighted by Gasteiger charge is -2.17. The smallest absolute Gasteiger partial charge is 0.248 e. The van der Waals surface area contributed by atoms with Crippen LogP contribution in [0.15, 0.2) is 80.0 Å². The van der Waals surface area contributed by atoms with Gasteiger partial charge in [0.1, 0.15) is 12.0 Å². The summed E-state index contributed by atoms with van der Waals surface area (Å²) in [6.45, 7) is 32.3. The van der Waals surface area contributed by atoms with E-state index in [4.69, 9.17) is 10.5 Å². The van der Waals surface area contributed by atoms with Crippen molar-refractivity contribution in [3.8, 4) is 11.8 Å². The third kappa shape index (κ3) is 25.1. The van der Waals surface area contributed by atoms with Crippen molar-refractivity contribution in [1.29, 1.82) is 0 Å². The van der Waals surface area contributed by atoms with Gasteiger partial charge in [-0.15, -0.1) is 6.58 Å². The average molecular weight is 719 g/mol. The second kappa shape index (κ2) is 35.5. The zero-order chi connectivity index (χ0) is 40.3. The topological polar surface area (TPSA) is 57.2 Å². The number of hydrogen-bond donors (Lipinski definition) is 1. The molecule has 1 fully saturated rings. The van der Waals surface area contributed by atoms with E-state index in [9.17, 15) is 9.18 Å². The lowest BCUT2D eigenvalue weighted by molar-refractivity contribution is -0.00234. The first-order valence-electron chi connectivity index (χ1n) is 19.6. The molecule has 2 atom stereocenters. The van der Waals surface area contributed by atoms with Crippen LogP contribution >= 0.6 is 0 Å². The van der Waals surface area contributed by atoms with Crippen molar-refractivity contribution < 1.29 is 13.9 Å². The molecular weight excluding hydrogens is 644 g/mol. The second-order valence-corrected chi connectivity index (χ2v) is 12.2. The number of carbonyl (C=O) groups is 1. The number of ether oxygens (including phenoxy) is 1. The van der Waals surface area contributed by atoms with Gasteiger partial charge in [0.05, 0.1) is 6.10 Å². The predicted molar refractivity (Wildman–Crippen MR) is 228 cm³/mol. The Bertz CT molecular complexity index is 1380. The maximum absolute atomic E-state index is 12.4. The van der Waals surface area contributed by atoms with Crippen LogP contribution in [0.1, 0.15) is 173 Å². The van der Waals surface area contributed by atoms with E-state index in [0.29, 0.717) is 11.7 Å². The van der Waals surface area contributed by atoms with Crippen molar-refractivity contribution in [2.24, 2.45) is 5.73 Å². The molecule has 3 aromatic rings. The Hall–Kier alpha value is -3.88. The third-order valence-electron chi connectivity index (χ3n) is 6.93. The Morgan fingerprint density at radius 2 is 1.56 bits per heavy atom. The number of nitrogens with two attached hydrogens (primary N) is 1. The number of benzene rings is 2. The van der Waals surface area contributed by atoms with Gasteiger partial charge in [-0.2, -0.15) is 0 Å². The van der Waals surface area contributed by atoms with E-state index in [1.54, 1.807) is 24.3 Å². The number of unbranched alkanes of at least 4 members (excludes halogenated alkanes) is 1. The van der Waals surface area contributed by atoms with Crippen LogP contribution in [0.3, 0.4) is 0 Å². The van der Waals surface area contributed by atoms with Crippen molar-refractivity contribution >= 4 is 11.5 Å². The number of halogens is 1. The first kappa shape index (κ1) is 52.5. The van der Waals surface area contributed by atoms with Gasteiger partial charge in [0, 0.05) is 29.4 Å². The van der Waals surface area contributed by atoms with E-state index in [2.05, 4.69) is 97.2 Å². The Kier molecular flexibility index (Phi) is 35.8. The second-order valence-electron chi connectivity index (χ2n) is 12.2. The zero-order valence-electron chi connectivity index (χ0n) is 35.2. The van der Waals surface area contributed by atoms with Gasteiger partial charge in [-0.05, 0) is 106 Å². The standard InChI is InChI=1S/C15H23NO.C11H11NO.C10H13F.2C3H8.C3H6.C2H6/c1-5-6-13-7-8-15(17-13)16-10-9-14(11(2)3)12(16)4;1-2-3-5-9-6-4-7-10(8-9)11(12)13;1-2-3-4-9-5-7-10(11)8-6-9;3*1-3-2;1-2/h9-10,13,15H,2,5-8H2,1,3-4H3;4,6-8H,2H2,1H3,(H2,12,13);5-8H,2-4H2,1H3;2*3H2,1-2H3;3H,1H2,2H3;1-2H3. The summed E-state index contributed by atoms with van der Waals surface area (Å²) >= 11 is 0. The van der Waals surface area contributed by atoms with Crippen molar-refractivity contribution in [2.45, 2.75) is 160 Å². The molecule has 1 aliphatic rings. The van der Waals surface area contributed by atoms with Crippen LogP contribution in [0, 0.1) is 24.6 Å². The highest BCUT2D eigenvalue weighted by Gasteiger charge is 2.26. The molecule has 1 saturated heterocycles. The lowest BCUT2D eigenvalue weighted by atomic mass is 10.1. The number of hydrogen-bond acceptors (Lipinski definition) is 2. The minimum absolute atomic E-state index is 0.148. The quantitative estimate of drug-likeness (QED) is 0.186. The maximum atomic E-state index is 12.4. The van der Waals surface area contributed by atoms with Gasteiger partial charge >= 0.3 is 0 Å². The van der Waals surface area contributed by atoms with E-state index in [1.807, 2.05) is 45.9 Å². The molecule has 5 heteroatoms. The molecule has 0 bridgehead atoms. The molecule has 2 unspecified atom stereocenters. The molecule has 0 aliphatic carbocycles.